The molecule has 0 aromatic heterocycles. The third-order valence-corrected chi connectivity index (χ3v) is 3.22. The first kappa shape index (κ1) is 14.1. The van der Waals surface area contributed by atoms with Crippen molar-refractivity contribution < 1.29 is 24.5 Å². The fraction of sp³-hybridized carbons (Fsp3) is 0.385. The number of carboxylic acid groups (broad SMARTS) is 1. The number of aromatic hydroxyl groups is 1. The van der Waals surface area contributed by atoms with E-state index in [4.69, 9.17) is 9.84 Å². The van der Waals surface area contributed by atoms with Crippen LogP contribution >= 0.6 is 0 Å². The summed E-state index contributed by atoms with van der Waals surface area (Å²) in [4.78, 5) is 24.8. The first-order valence-corrected chi connectivity index (χ1v) is 6.16. The average Bonchev–Trinajstić information content (AvgIpc) is 2.46. The Labute approximate surface area is 115 Å². The maximum atomic E-state index is 12.4. The van der Waals surface area contributed by atoms with Gasteiger partial charge < -0.3 is 25.2 Å². The summed E-state index contributed by atoms with van der Waals surface area (Å²) < 4.78 is 4.95. The number of phenols is 1. The number of carboxylic acids is 1. The third kappa shape index (κ3) is 2.67. The first-order valence-electron chi connectivity index (χ1n) is 6.16. The number of hydrogen-bond donors (Lipinski definition) is 3. The molecular formula is C13H16N2O5. The number of carbonyl (C=O) groups is 2. The molecule has 0 aliphatic carbocycles. The highest BCUT2D eigenvalue weighted by Gasteiger charge is 2.33. The predicted octanol–water partition coefficient (Wildman–Crippen LogP) is -0.101. The van der Waals surface area contributed by atoms with Gasteiger partial charge in [-0.3, -0.25) is 4.79 Å². The van der Waals surface area contributed by atoms with Gasteiger partial charge in [-0.15, -0.1) is 0 Å². The van der Waals surface area contributed by atoms with Crippen molar-refractivity contribution in [2.24, 2.45) is 0 Å². The van der Waals surface area contributed by atoms with E-state index in [1.807, 2.05) is 0 Å². The largest absolute Gasteiger partial charge is 0.507 e. The number of benzene rings is 1. The average molecular weight is 280 g/mol. The van der Waals surface area contributed by atoms with Crippen molar-refractivity contribution in [1.82, 2.24) is 10.2 Å². The molecule has 1 aromatic rings. The Balaban J connectivity index is 2.27. The number of hydrogen-bond acceptors (Lipinski definition) is 5. The Morgan fingerprint density at radius 2 is 2.20 bits per heavy atom. The van der Waals surface area contributed by atoms with Gasteiger partial charge in [-0.25, -0.2) is 4.79 Å². The van der Waals surface area contributed by atoms with Gasteiger partial charge in [-0.1, -0.05) is 0 Å². The highest BCUT2D eigenvalue weighted by molar-refractivity contribution is 5.99. The minimum atomic E-state index is -1.07. The molecular weight excluding hydrogens is 264 g/mol. The zero-order valence-corrected chi connectivity index (χ0v) is 11.0. The molecule has 1 aromatic carbocycles. The van der Waals surface area contributed by atoms with Crippen LogP contribution in [0.4, 0.5) is 0 Å². The molecule has 20 heavy (non-hydrogen) atoms. The molecule has 0 bridgehead atoms. The van der Waals surface area contributed by atoms with Crippen LogP contribution in [0.3, 0.4) is 0 Å². The van der Waals surface area contributed by atoms with E-state index in [1.165, 1.54) is 24.1 Å². The zero-order valence-electron chi connectivity index (χ0n) is 11.0. The van der Waals surface area contributed by atoms with E-state index in [-0.39, 0.29) is 24.4 Å². The summed E-state index contributed by atoms with van der Waals surface area (Å²) >= 11 is 0. The highest BCUT2D eigenvalue weighted by Crippen LogP contribution is 2.25. The van der Waals surface area contributed by atoms with Gasteiger partial charge in [0.1, 0.15) is 17.5 Å². The van der Waals surface area contributed by atoms with E-state index in [1.54, 1.807) is 6.07 Å². The number of aliphatic carboxylic acids is 1. The van der Waals surface area contributed by atoms with Gasteiger partial charge in [0.05, 0.1) is 12.7 Å². The molecule has 2 rings (SSSR count). The molecule has 0 spiro atoms. The molecule has 1 fully saturated rings. The topological polar surface area (TPSA) is 99.1 Å². The van der Waals surface area contributed by atoms with Gasteiger partial charge in [0, 0.05) is 25.7 Å². The van der Waals surface area contributed by atoms with E-state index in [0.717, 1.165) is 0 Å². The second-order valence-electron chi connectivity index (χ2n) is 4.44. The van der Waals surface area contributed by atoms with Crippen molar-refractivity contribution in [1.29, 1.82) is 0 Å². The molecule has 1 aliphatic heterocycles. The lowest BCUT2D eigenvalue weighted by molar-refractivity contribution is -0.142. The summed E-state index contributed by atoms with van der Waals surface area (Å²) in [6.45, 7) is 0.992. The van der Waals surface area contributed by atoms with Crippen LogP contribution in [-0.2, 0) is 4.79 Å². The van der Waals surface area contributed by atoms with Crippen molar-refractivity contribution >= 4 is 11.9 Å². The molecule has 0 saturated carbocycles. The minimum Gasteiger partial charge on any atom is -0.507 e. The molecule has 1 saturated heterocycles. The number of amides is 1. The number of piperazine rings is 1. The summed E-state index contributed by atoms with van der Waals surface area (Å²) in [6, 6.07) is 3.37. The lowest BCUT2D eigenvalue weighted by Gasteiger charge is -2.33. The Hall–Kier alpha value is -2.28. The molecule has 1 amide bonds. The van der Waals surface area contributed by atoms with E-state index >= 15 is 0 Å². The normalized spacial score (nSPS) is 18.6. The lowest BCUT2D eigenvalue weighted by Crippen LogP contribution is -2.56. The summed E-state index contributed by atoms with van der Waals surface area (Å²) in [5.74, 6) is -1.37. The summed E-state index contributed by atoms with van der Waals surface area (Å²) in [6.07, 6.45) is 0. The number of ether oxygens (including phenoxy) is 1. The Kier molecular flexibility index (Phi) is 4.09. The van der Waals surface area contributed by atoms with Gasteiger partial charge in [0.2, 0.25) is 0 Å². The maximum Gasteiger partial charge on any atom is 0.327 e. The summed E-state index contributed by atoms with van der Waals surface area (Å²) in [5, 5.41) is 21.9. The summed E-state index contributed by atoms with van der Waals surface area (Å²) in [7, 11) is 1.45. The maximum absolute atomic E-state index is 12.4. The monoisotopic (exact) mass is 280 g/mol. The molecule has 3 N–H and O–H groups in total. The Morgan fingerprint density at radius 1 is 1.45 bits per heavy atom. The van der Waals surface area contributed by atoms with E-state index < -0.39 is 17.9 Å². The van der Waals surface area contributed by atoms with E-state index in [0.29, 0.717) is 12.3 Å². The zero-order chi connectivity index (χ0) is 14.7. The molecule has 1 aliphatic rings. The summed E-state index contributed by atoms with van der Waals surface area (Å²) in [5.41, 5.74) is 0.0685. The molecule has 1 unspecified atom stereocenters. The number of phenolic OH excluding ortho intramolecular Hbond substituents is 1. The Morgan fingerprint density at radius 3 is 2.80 bits per heavy atom. The standard InChI is InChI=1S/C13H16N2O5/c1-20-8-2-3-9(11(16)6-8)12(17)15-5-4-14-7-10(15)13(18)19/h2-3,6,10,14,16H,4-5,7H2,1H3,(H,18,19). The first-order chi connectivity index (χ1) is 9.54. The highest BCUT2D eigenvalue weighted by atomic mass is 16.5. The lowest BCUT2D eigenvalue weighted by atomic mass is 10.1. The second kappa shape index (κ2) is 5.79. The smallest absolute Gasteiger partial charge is 0.327 e. The van der Waals surface area contributed by atoms with Crippen molar-refractivity contribution in [3.63, 3.8) is 0 Å². The molecule has 1 atom stereocenters. The van der Waals surface area contributed by atoms with E-state index in [2.05, 4.69) is 5.32 Å². The van der Waals surface area contributed by atoms with Crippen LogP contribution in [-0.4, -0.2) is 59.8 Å². The fourth-order valence-electron chi connectivity index (χ4n) is 2.14. The van der Waals surface area contributed by atoms with Crippen LogP contribution in [0.15, 0.2) is 18.2 Å². The van der Waals surface area contributed by atoms with Crippen LogP contribution in [0.25, 0.3) is 0 Å². The molecule has 0 radical (unpaired) electrons. The van der Waals surface area contributed by atoms with Crippen LogP contribution in [0.1, 0.15) is 10.4 Å². The number of rotatable bonds is 3. The molecule has 1 heterocycles. The minimum absolute atomic E-state index is 0.0685. The van der Waals surface area contributed by atoms with E-state index in [9.17, 15) is 14.7 Å². The fourth-order valence-corrected chi connectivity index (χ4v) is 2.14. The van der Waals surface area contributed by atoms with Crippen molar-refractivity contribution in [3.8, 4) is 11.5 Å². The molecule has 7 heteroatoms. The van der Waals surface area contributed by atoms with Crippen LogP contribution in [0.2, 0.25) is 0 Å². The quantitative estimate of drug-likeness (QED) is 0.715. The Bertz CT molecular complexity index is 531. The van der Waals surface area contributed by atoms with Gasteiger partial charge >= 0.3 is 5.97 Å². The number of nitrogens with zero attached hydrogens (tertiary/aromatic N) is 1. The van der Waals surface area contributed by atoms with Gasteiger partial charge in [-0.05, 0) is 12.1 Å². The molecule has 108 valence electrons. The van der Waals surface area contributed by atoms with Crippen LogP contribution < -0.4 is 10.1 Å². The predicted molar refractivity (Wildman–Crippen MR) is 70.0 cm³/mol. The van der Waals surface area contributed by atoms with Gasteiger partial charge in [-0.2, -0.15) is 0 Å². The molecule has 7 nitrogen and oxygen atoms in total. The van der Waals surface area contributed by atoms with Crippen LogP contribution in [0.5, 0.6) is 11.5 Å². The number of nitrogens with one attached hydrogen (secondary N) is 1. The van der Waals surface area contributed by atoms with Crippen molar-refractivity contribution in [3.05, 3.63) is 23.8 Å². The third-order valence-electron chi connectivity index (χ3n) is 3.22. The van der Waals surface area contributed by atoms with Gasteiger partial charge in [0.25, 0.3) is 5.91 Å². The SMILES string of the molecule is COc1ccc(C(=O)N2CCNCC2C(=O)O)c(O)c1. The van der Waals surface area contributed by atoms with Gasteiger partial charge in [0.15, 0.2) is 0 Å². The number of carbonyl (C=O) groups excluding carboxylic acids is 1. The van der Waals surface area contributed by atoms with Crippen LogP contribution in [0, 0.1) is 0 Å². The van der Waals surface area contributed by atoms with Crippen molar-refractivity contribution in [2.75, 3.05) is 26.7 Å². The number of methoxy groups -OCH3 is 1. The second-order valence-corrected chi connectivity index (χ2v) is 4.44. The van der Waals surface area contributed by atoms with Crippen molar-refractivity contribution in [2.45, 2.75) is 6.04 Å².